The Morgan fingerprint density at radius 2 is 0.690 bits per heavy atom. The molecule has 4 aromatic carbocycles. The Morgan fingerprint density at radius 3 is 1.00 bits per heavy atom. The average molecular weight is 501 g/mol. The standard InChI is InChI=1S/C24H16F2IO2/c25-17-1-9-21(10-2-17)28-23-13-5-19(6-14-23)27-20-7-15-24(16-8-20)29-22-11-3-18(26)4-12-22/h1-16H/q+1. The van der Waals surface area contributed by atoms with E-state index in [-0.39, 0.29) is 32.8 Å². The fourth-order valence-corrected chi connectivity index (χ4v) is 4.69. The monoisotopic (exact) mass is 501 g/mol. The van der Waals surface area contributed by atoms with Gasteiger partial charge in [0.25, 0.3) is 0 Å². The van der Waals surface area contributed by atoms with Crippen LogP contribution in [-0.2, 0) is 0 Å². The Balaban J connectivity index is 1.36. The molecule has 0 bridgehead atoms. The van der Waals surface area contributed by atoms with Gasteiger partial charge in [-0.05, 0) is 97.1 Å². The first-order chi connectivity index (χ1) is 14.1. The SMILES string of the molecule is Fc1ccc(Oc2ccc([I+]c3ccc(Oc4ccc(F)cc4)cc3)cc2)cc1. The molecule has 0 aromatic heterocycles. The molecule has 2 nitrogen and oxygen atoms in total. The minimum absolute atomic E-state index is 0.286. The zero-order valence-electron chi connectivity index (χ0n) is 15.2. The van der Waals surface area contributed by atoms with Crippen molar-refractivity contribution in [3.05, 3.63) is 116 Å². The van der Waals surface area contributed by atoms with Crippen molar-refractivity contribution in [2.45, 2.75) is 0 Å². The molecule has 5 heteroatoms. The van der Waals surface area contributed by atoms with E-state index in [2.05, 4.69) is 24.3 Å². The average Bonchev–Trinajstić information content (AvgIpc) is 2.74. The van der Waals surface area contributed by atoms with Crippen molar-refractivity contribution in [1.82, 2.24) is 0 Å². The van der Waals surface area contributed by atoms with Crippen molar-refractivity contribution >= 4 is 0 Å². The molecule has 144 valence electrons. The Hall–Kier alpha value is -2.93. The van der Waals surface area contributed by atoms with Gasteiger partial charge >= 0.3 is 21.2 Å². The highest BCUT2D eigenvalue weighted by Crippen LogP contribution is 2.21. The number of hydrogen-bond acceptors (Lipinski definition) is 2. The van der Waals surface area contributed by atoms with Crippen LogP contribution >= 0.6 is 0 Å². The Kier molecular flexibility index (Phi) is 6.05. The van der Waals surface area contributed by atoms with Crippen LogP contribution in [0, 0.1) is 18.8 Å². The van der Waals surface area contributed by atoms with Crippen LogP contribution in [0.15, 0.2) is 97.1 Å². The summed E-state index contributed by atoms with van der Waals surface area (Å²) >= 11 is -0.337. The van der Waals surface area contributed by atoms with Crippen LogP contribution in [-0.4, -0.2) is 0 Å². The molecule has 0 heterocycles. The quantitative estimate of drug-likeness (QED) is 0.376. The fourth-order valence-electron chi connectivity index (χ4n) is 2.53. The lowest BCUT2D eigenvalue weighted by molar-refractivity contribution is -0.597. The molecular weight excluding hydrogens is 485 g/mol. The minimum Gasteiger partial charge on any atom is -0.457 e. The van der Waals surface area contributed by atoms with Crippen molar-refractivity contribution < 1.29 is 39.5 Å². The molecule has 0 aliphatic carbocycles. The molecular formula is C24H16F2IO2+. The van der Waals surface area contributed by atoms with Gasteiger partial charge in [-0.25, -0.2) is 8.78 Å². The molecule has 0 spiro atoms. The van der Waals surface area contributed by atoms with Gasteiger partial charge in [-0.15, -0.1) is 0 Å². The second-order valence-electron chi connectivity index (χ2n) is 6.11. The van der Waals surface area contributed by atoms with Crippen LogP contribution in [0.1, 0.15) is 0 Å². The van der Waals surface area contributed by atoms with Crippen molar-refractivity contribution in [3.63, 3.8) is 0 Å². The van der Waals surface area contributed by atoms with Crippen molar-refractivity contribution in [3.8, 4) is 23.0 Å². The van der Waals surface area contributed by atoms with Crippen molar-refractivity contribution in [2.24, 2.45) is 0 Å². The fraction of sp³-hybridized carbons (Fsp3) is 0. The van der Waals surface area contributed by atoms with E-state index in [1.54, 1.807) is 24.3 Å². The highest BCUT2D eigenvalue weighted by molar-refractivity contribution is 5.32. The Morgan fingerprint density at radius 1 is 0.414 bits per heavy atom. The smallest absolute Gasteiger partial charge is 0.357 e. The number of ether oxygens (including phenoxy) is 2. The highest BCUT2D eigenvalue weighted by Gasteiger charge is 2.15. The lowest BCUT2D eigenvalue weighted by Crippen LogP contribution is -3.61. The lowest BCUT2D eigenvalue weighted by Gasteiger charge is -2.05. The summed E-state index contributed by atoms with van der Waals surface area (Å²) in [5.41, 5.74) is 0. The lowest BCUT2D eigenvalue weighted by atomic mass is 10.3. The molecule has 0 saturated carbocycles. The molecule has 0 saturated heterocycles. The van der Waals surface area contributed by atoms with Crippen LogP contribution in [0.3, 0.4) is 0 Å². The van der Waals surface area contributed by atoms with Gasteiger partial charge in [0.15, 0.2) is 7.14 Å². The normalized spacial score (nSPS) is 10.6. The van der Waals surface area contributed by atoms with Gasteiger partial charge in [0, 0.05) is 0 Å². The van der Waals surface area contributed by atoms with E-state index in [0.29, 0.717) is 23.0 Å². The summed E-state index contributed by atoms with van der Waals surface area (Å²) in [5, 5.41) is 0. The maximum atomic E-state index is 13.0. The first-order valence-electron chi connectivity index (χ1n) is 8.86. The van der Waals surface area contributed by atoms with Crippen LogP contribution in [0.25, 0.3) is 0 Å². The maximum Gasteiger partial charge on any atom is 0.357 e. The first-order valence-corrected chi connectivity index (χ1v) is 11.0. The third kappa shape index (κ3) is 5.54. The third-order valence-corrected chi connectivity index (χ3v) is 6.63. The van der Waals surface area contributed by atoms with E-state index in [4.69, 9.17) is 9.47 Å². The highest BCUT2D eigenvalue weighted by atomic mass is 127. The van der Waals surface area contributed by atoms with Gasteiger partial charge in [0.05, 0.1) is 0 Å². The summed E-state index contributed by atoms with van der Waals surface area (Å²) in [7, 11) is 0. The van der Waals surface area contributed by atoms with E-state index in [9.17, 15) is 8.78 Å². The number of rotatable bonds is 6. The second-order valence-corrected chi connectivity index (χ2v) is 9.14. The summed E-state index contributed by atoms with van der Waals surface area (Å²) < 4.78 is 39.9. The van der Waals surface area contributed by atoms with Crippen LogP contribution in [0.2, 0.25) is 0 Å². The third-order valence-electron chi connectivity index (χ3n) is 3.94. The minimum atomic E-state index is -0.337. The number of hydrogen-bond donors (Lipinski definition) is 0. The first kappa shape index (κ1) is 19.4. The molecule has 0 aliphatic rings. The summed E-state index contributed by atoms with van der Waals surface area (Å²) in [6, 6.07) is 27.8. The summed E-state index contributed by atoms with van der Waals surface area (Å²) in [6.07, 6.45) is 0. The van der Waals surface area contributed by atoms with Crippen LogP contribution in [0.4, 0.5) is 8.78 Å². The molecule has 29 heavy (non-hydrogen) atoms. The van der Waals surface area contributed by atoms with Gasteiger partial charge in [0.1, 0.15) is 34.6 Å². The van der Waals surface area contributed by atoms with Gasteiger partial charge in [-0.2, -0.15) is 0 Å². The zero-order chi connectivity index (χ0) is 20.1. The summed E-state index contributed by atoms with van der Waals surface area (Å²) in [4.78, 5) is 0. The van der Waals surface area contributed by atoms with E-state index in [0.717, 1.165) is 0 Å². The van der Waals surface area contributed by atoms with Gasteiger partial charge < -0.3 is 9.47 Å². The molecule has 4 rings (SSSR count). The van der Waals surface area contributed by atoms with Crippen molar-refractivity contribution in [2.75, 3.05) is 0 Å². The molecule has 0 amide bonds. The topological polar surface area (TPSA) is 18.5 Å². The van der Waals surface area contributed by atoms with Crippen LogP contribution < -0.4 is 30.7 Å². The van der Waals surface area contributed by atoms with Crippen molar-refractivity contribution in [1.29, 1.82) is 0 Å². The van der Waals surface area contributed by atoms with Crippen LogP contribution in [0.5, 0.6) is 23.0 Å². The zero-order valence-corrected chi connectivity index (χ0v) is 17.3. The van der Waals surface area contributed by atoms with E-state index in [1.807, 2.05) is 24.3 Å². The molecule has 0 unspecified atom stereocenters. The Labute approximate surface area is 178 Å². The molecule has 0 aliphatic heterocycles. The molecule has 0 N–H and O–H groups in total. The largest absolute Gasteiger partial charge is 0.457 e. The predicted octanol–water partition coefficient (Wildman–Crippen LogP) is 3.68. The second kappa shape index (κ2) is 9.05. The van der Waals surface area contributed by atoms with Gasteiger partial charge in [-0.3, -0.25) is 0 Å². The van der Waals surface area contributed by atoms with E-state index < -0.39 is 0 Å². The number of halogens is 3. The van der Waals surface area contributed by atoms with E-state index >= 15 is 0 Å². The summed E-state index contributed by atoms with van der Waals surface area (Å²) in [5.74, 6) is 2.06. The van der Waals surface area contributed by atoms with Gasteiger partial charge in [0.2, 0.25) is 0 Å². The molecule has 0 atom stereocenters. The van der Waals surface area contributed by atoms with Gasteiger partial charge in [-0.1, -0.05) is 0 Å². The molecule has 4 aromatic rings. The summed E-state index contributed by atoms with van der Waals surface area (Å²) in [6.45, 7) is 0. The predicted molar refractivity (Wildman–Crippen MR) is 103 cm³/mol. The molecule has 0 radical (unpaired) electrons. The maximum absolute atomic E-state index is 13.0. The molecule has 0 fully saturated rings. The van der Waals surface area contributed by atoms with E-state index in [1.165, 1.54) is 31.4 Å². The number of benzene rings is 4. The Bertz CT molecular complexity index is 973.